The number of likely N-dealkylation sites (tertiary alicyclic amines) is 1. The lowest BCUT2D eigenvalue weighted by molar-refractivity contribution is 0.138. The number of fused-ring (bicyclic) bond motifs is 1. The first kappa shape index (κ1) is 17.0. The smallest absolute Gasteiger partial charge is 0.119 e. The quantitative estimate of drug-likeness (QED) is 0.710. The van der Waals surface area contributed by atoms with Crippen molar-refractivity contribution in [1.29, 1.82) is 0 Å². The molecule has 3 aromatic rings. The number of rotatable bonds is 5. The monoisotopic (exact) mass is 350 g/mol. The molecule has 2 aromatic carbocycles. The minimum absolute atomic E-state index is 0.424. The number of ether oxygens (including phenoxy) is 2. The second kappa shape index (κ2) is 7.42. The first-order valence-electron chi connectivity index (χ1n) is 9.30. The van der Waals surface area contributed by atoms with Crippen LogP contribution in [0.2, 0.25) is 0 Å². The number of aromatic amines is 1. The van der Waals surface area contributed by atoms with E-state index in [4.69, 9.17) is 9.47 Å². The van der Waals surface area contributed by atoms with Crippen LogP contribution in [0.5, 0.6) is 11.5 Å². The van der Waals surface area contributed by atoms with E-state index in [2.05, 4.69) is 46.3 Å². The third-order valence-corrected chi connectivity index (χ3v) is 5.34. The Morgan fingerprint density at radius 1 is 1.00 bits per heavy atom. The van der Waals surface area contributed by atoms with Gasteiger partial charge in [-0.1, -0.05) is 18.6 Å². The molecule has 0 aliphatic carbocycles. The molecule has 26 heavy (non-hydrogen) atoms. The standard InChI is InChI=1S/C22H26N2O2/c1-25-18-7-5-6-16(12-18)15-24-11-4-3-8-22(24)21-14-17-13-19(26-2)9-10-20(17)23-21/h5-7,9-10,12-14,22-23H,3-4,8,11,15H2,1-2H3. The van der Waals surface area contributed by atoms with Crippen molar-refractivity contribution in [3.8, 4) is 11.5 Å². The Bertz CT molecular complexity index is 887. The van der Waals surface area contributed by atoms with Gasteiger partial charge >= 0.3 is 0 Å². The van der Waals surface area contributed by atoms with Gasteiger partial charge in [-0.05, 0) is 61.3 Å². The van der Waals surface area contributed by atoms with Gasteiger partial charge in [0.2, 0.25) is 0 Å². The van der Waals surface area contributed by atoms with E-state index in [0.29, 0.717) is 6.04 Å². The average molecular weight is 350 g/mol. The molecular weight excluding hydrogens is 324 g/mol. The number of nitrogens with zero attached hydrogens (tertiary/aromatic N) is 1. The fourth-order valence-electron chi connectivity index (χ4n) is 3.98. The molecule has 1 atom stereocenters. The molecule has 0 spiro atoms. The van der Waals surface area contributed by atoms with Gasteiger partial charge < -0.3 is 14.5 Å². The van der Waals surface area contributed by atoms with Crippen LogP contribution < -0.4 is 9.47 Å². The highest BCUT2D eigenvalue weighted by atomic mass is 16.5. The highest BCUT2D eigenvalue weighted by Gasteiger charge is 2.25. The number of benzene rings is 2. The van der Waals surface area contributed by atoms with Gasteiger partial charge in [0.15, 0.2) is 0 Å². The van der Waals surface area contributed by atoms with E-state index in [1.165, 1.54) is 41.4 Å². The Morgan fingerprint density at radius 3 is 2.69 bits per heavy atom. The number of aromatic nitrogens is 1. The molecule has 0 radical (unpaired) electrons. The zero-order valence-electron chi connectivity index (χ0n) is 15.5. The highest BCUT2D eigenvalue weighted by molar-refractivity contribution is 5.82. The summed E-state index contributed by atoms with van der Waals surface area (Å²) in [6.07, 6.45) is 3.72. The fraction of sp³-hybridized carbons (Fsp3) is 0.364. The van der Waals surface area contributed by atoms with Gasteiger partial charge in [-0.15, -0.1) is 0 Å². The molecule has 136 valence electrons. The Labute approximate surface area is 154 Å². The number of hydrogen-bond donors (Lipinski definition) is 1. The molecule has 0 saturated carbocycles. The maximum Gasteiger partial charge on any atom is 0.119 e. The second-order valence-corrected chi connectivity index (χ2v) is 7.01. The molecule has 0 bridgehead atoms. The minimum Gasteiger partial charge on any atom is -0.497 e. The first-order valence-corrected chi connectivity index (χ1v) is 9.30. The minimum atomic E-state index is 0.424. The summed E-state index contributed by atoms with van der Waals surface area (Å²) in [5.74, 6) is 1.83. The van der Waals surface area contributed by atoms with Crippen molar-refractivity contribution in [2.45, 2.75) is 31.8 Å². The van der Waals surface area contributed by atoms with Gasteiger partial charge in [-0.2, -0.15) is 0 Å². The summed E-state index contributed by atoms with van der Waals surface area (Å²) in [7, 11) is 3.44. The predicted molar refractivity (Wildman–Crippen MR) is 105 cm³/mol. The summed E-state index contributed by atoms with van der Waals surface area (Å²) in [4.78, 5) is 6.22. The van der Waals surface area contributed by atoms with Crippen LogP contribution in [0.3, 0.4) is 0 Å². The van der Waals surface area contributed by atoms with Crippen molar-refractivity contribution >= 4 is 10.9 Å². The van der Waals surface area contributed by atoms with Crippen molar-refractivity contribution in [2.75, 3.05) is 20.8 Å². The zero-order chi connectivity index (χ0) is 17.9. The lowest BCUT2D eigenvalue weighted by Crippen LogP contribution is -2.33. The third kappa shape index (κ3) is 3.42. The molecule has 1 aliphatic heterocycles. The molecule has 1 saturated heterocycles. The Morgan fingerprint density at radius 2 is 1.85 bits per heavy atom. The normalized spacial score (nSPS) is 18.2. The molecular formula is C22H26N2O2. The number of piperidine rings is 1. The summed E-state index contributed by atoms with van der Waals surface area (Å²) in [5.41, 5.74) is 3.78. The molecule has 0 amide bonds. The highest BCUT2D eigenvalue weighted by Crippen LogP contribution is 2.34. The maximum absolute atomic E-state index is 5.38. The second-order valence-electron chi connectivity index (χ2n) is 7.01. The van der Waals surface area contributed by atoms with Gasteiger partial charge in [0, 0.05) is 23.1 Å². The van der Waals surface area contributed by atoms with Gasteiger partial charge in [0.25, 0.3) is 0 Å². The van der Waals surface area contributed by atoms with E-state index < -0.39 is 0 Å². The van der Waals surface area contributed by atoms with E-state index >= 15 is 0 Å². The summed E-state index contributed by atoms with van der Waals surface area (Å²) in [6.45, 7) is 2.07. The topological polar surface area (TPSA) is 37.5 Å². The molecule has 1 fully saturated rings. The summed E-state index contributed by atoms with van der Waals surface area (Å²) < 4.78 is 10.7. The summed E-state index contributed by atoms with van der Waals surface area (Å²) >= 11 is 0. The first-order chi connectivity index (χ1) is 12.8. The number of hydrogen-bond acceptors (Lipinski definition) is 3. The Kier molecular flexibility index (Phi) is 4.85. The van der Waals surface area contributed by atoms with Crippen molar-refractivity contribution in [3.63, 3.8) is 0 Å². The number of H-pyrrole nitrogens is 1. The SMILES string of the molecule is COc1cccc(CN2CCCCC2c2cc3cc(OC)ccc3[nH]2)c1. The van der Waals surface area contributed by atoms with Gasteiger partial charge in [-0.3, -0.25) is 4.90 Å². The van der Waals surface area contributed by atoms with Gasteiger partial charge in [0.05, 0.1) is 20.3 Å². The number of methoxy groups -OCH3 is 2. The zero-order valence-corrected chi connectivity index (χ0v) is 15.5. The van der Waals surface area contributed by atoms with Gasteiger partial charge in [-0.25, -0.2) is 0 Å². The summed E-state index contributed by atoms with van der Waals surface area (Å²) in [6, 6.07) is 17.3. The van der Waals surface area contributed by atoms with E-state index in [1.54, 1.807) is 14.2 Å². The van der Waals surface area contributed by atoms with E-state index in [9.17, 15) is 0 Å². The molecule has 1 aliphatic rings. The van der Waals surface area contributed by atoms with E-state index in [-0.39, 0.29) is 0 Å². The molecule has 4 rings (SSSR count). The van der Waals surface area contributed by atoms with Crippen molar-refractivity contribution < 1.29 is 9.47 Å². The van der Waals surface area contributed by atoms with Crippen LogP contribution in [-0.4, -0.2) is 30.6 Å². The van der Waals surface area contributed by atoms with E-state index in [1.807, 2.05) is 12.1 Å². The third-order valence-electron chi connectivity index (χ3n) is 5.34. The fourth-order valence-corrected chi connectivity index (χ4v) is 3.98. The molecule has 1 N–H and O–H groups in total. The lowest BCUT2D eigenvalue weighted by atomic mass is 9.98. The molecule has 1 unspecified atom stereocenters. The van der Waals surface area contributed by atoms with Crippen LogP contribution in [-0.2, 0) is 6.54 Å². The van der Waals surface area contributed by atoms with E-state index in [0.717, 1.165) is 24.6 Å². The largest absolute Gasteiger partial charge is 0.497 e. The summed E-state index contributed by atoms with van der Waals surface area (Å²) in [5, 5.41) is 1.21. The van der Waals surface area contributed by atoms with Crippen LogP contribution in [0.25, 0.3) is 10.9 Å². The molecule has 1 aromatic heterocycles. The Hall–Kier alpha value is -2.46. The maximum atomic E-state index is 5.38. The van der Waals surface area contributed by atoms with Gasteiger partial charge in [0.1, 0.15) is 11.5 Å². The van der Waals surface area contributed by atoms with Crippen LogP contribution in [0, 0.1) is 0 Å². The van der Waals surface area contributed by atoms with Crippen LogP contribution >= 0.6 is 0 Å². The molecule has 4 nitrogen and oxygen atoms in total. The predicted octanol–water partition coefficient (Wildman–Crippen LogP) is 4.91. The van der Waals surface area contributed by atoms with Crippen molar-refractivity contribution in [2.24, 2.45) is 0 Å². The Balaban J connectivity index is 1.60. The van der Waals surface area contributed by atoms with Crippen molar-refractivity contribution in [1.82, 2.24) is 9.88 Å². The number of nitrogens with one attached hydrogen (secondary N) is 1. The molecule has 4 heteroatoms. The average Bonchev–Trinajstić information content (AvgIpc) is 3.11. The van der Waals surface area contributed by atoms with Crippen LogP contribution in [0.4, 0.5) is 0 Å². The lowest BCUT2D eigenvalue weighted by Gasteiger charge is -2.35. The molecule has 2 heterocycles. The van der Waals surface area contributed by atoms with Crippen molar-refractivity contribution in [3.05, 3.63) is 59.8 Å². The van der Waals surface area contributed by atoms with Crippen LogP contribution in [0.1, 0.15) is 36.6 Å². The van der Waals surface area contributed by atoms with Crippen LogP contribution in [0.15, 0.2) is 48.5 Å².